The monoisotopic (exact) mass is 328 g/mol. The number of hydrogen-bond acceptors (Lipinski definition) is 3. The highest BCUT2D eigenvalue weighted by molar-refractivity contribution is 6.22. The second-order valence-electron chi connectivity index (χ2n) is 7.06. The third kappa shape index (κ3) is 2.72. The molecule has 1 fully saturated rings. The van der Waals surface area contributed by atoms with Gasteiger partial charge in [-0.2, -0.15) is 0 Å². The number of fused-ring (bicyclic) bond motifs is 1. The lowest BCUT2D eigenvalue weighted by Crippen LogP contribution is -2.51. The number of amides is 3. The number of carbonyl (C=O) groups excluding carboxylic acids is 3. The predicted molar refractivity (Wildman–Crippen MR) is 90.6 cm³/mol. The molecule has 3 amide bonds. The summed E-state index contributed by atoms with van der Waals surface area (Å²) in [5.74, 6) is -0.202. The molecule has 1 saturated carbocycles. The molecule has 0 aromatic heterocycles. The molecule has 1 heterocycles. The van der Waals surface area contributed by atoms with Gasteiger partial charge in [0, 0.05) is 13.1 Å². The molecule has 1 aromatic rings. The molecule has 0 radical (unpaired) electrons. The van der Waals surface area contributed by atoms with E-state index in [2.05, 4.69) is 6.92 Å². The number of rotatable bonds is 3. The van der Waals surface area contributed by atoms with E-state index in [1.165, 1.54) is 0 Å². The molecule has 2 aliphatic rings. The lowest BCUT2D eigenvalue weighted by Gasteiger charge is -2.36. The van der Waals surface area contributed by atoms with Gasteiger partial charge in [0.15, 0.2) is 0 Å². The zero-order valence-electron chi connectivity index (χ0n) is 14.5. The Labute approximate surface area is 142 Å². The summed E-state index contributed by atoms with van der Waals surface area (Å²) < 4.78 is 0. The predicted octanol–water partition coefficient (Wildman–Crippen LogP) is 2.71. The Balaban J connectivity index is 1.75. The van der Waals surface area contributed by atoms with Crippen molar-refractivity contribution in [2.75, 3.05) is 7.05 Å². The lowest BCUT2D eigenvalue weighted by molar-refractivity contribution is -0.136. The average Bonchev–Trinajstić information content (AvgIpc) is 2.85. The molecule has 3 rings (SSSR count). The summed E-state index contributed by atoms with van der Waals surface area (Å²) in [5.41, 5.74) is 0.771. The Kier molecular flexibility index (Phi) is 4.43. The number of likely N-dealkylation sites (N-methyl/N-ethyl adjacent to an activating group) is 1. The highest BCUT2D eigenvalue weighted by atomic mass is 16.2. The first-order chi connectivity index (χ1) is 11.4. The minimum atomic E-state index is -0.776. The topological polar surface area (TPSA) is 57.7 Å². The van der Waals surface area contributed by atoms with Gasteiger partial charge in [-0.3, -0.25) is 19.3 Å². The molecule has 1 aliphatic carbocycles. The third-order valence-corrected chi connectivity index (χ3v) is 5.45. The SMILES string of the molecule is CC1CCC(N(C)C(=O)C(C)N2C(=O)c3ccccc3C2=O)CC1. The first-order valence-electron chi connectivity index (χ1n) is 8.65. The van der Waals surface area contributed by atoms with Crippen molar-refractivity contribution in [3.05, 3.63) is 35.4 Å². The van der Waals surface area contributed by atoms with Gasteiger partial charge in [-0.15, -0.1) is 0 Å². The van der Waals surface area contributed by atoms with Crippen LogP contribution in [0.3, 0.4) is 0 Å². The Bertz CT molecular complexity index is 642. The van der Waals surface area contributed by atoms with E-state index in [9.17, 15) is 14.4 Å². The van der Waals surface area contributed by atoms with Gasteiger partial charge in [0.1, 0.15) is 6.04 Å². The summed E-state index contributed by atoms with van der Waals surface area (Å²) in [7, 11) is 1.79. The smallest absolute Gasteiger partial charge is 0.262 e. The van der Waals surface area contributed by atoms with E-state index in [4.69, 9.17) is 0 Å². The summed E-state index contributed by atoms with van der Waals surface area (Å²) in [5, 5.41) is 0. The molecule has 1 aliphatic heterocycles. The Morgan fingerprint density at radius 3 is 2.08 bits per heavy atom. The van der Waals surface area contributed by atoms with Crippen molar-refractivity contribution in [2.45, 2.75) is 51.6 Å². The fraction of sp³-hybridized carbons (Fsp3) is 0.526. The minimum Gasteiger partial charge on any atom is -0.341 e. The molecular formula is C19H24N2O3. The lowest BCUT2D eigenvalue weighted by atomic mass is 9.86. The average molecular weight is 328 g/mol. The molecule has 5 heteroatoms. The molecule has 1 unspecified atom stereocenters. The molecular weight excluding hydrogens is 304 g/mol. The summed E-state index contributed by atoms with van der Waals surface area (Å²) in [6.45, 7) is 3.88. The van der Waals surface area contributed by atoms with Gasteiger partial charge in [-0.25, -0.2) is 0 Å². The zero-order chi connectivity index (χ0) is 17.4. The van der Waals surface area contributed by atoms with E-state index >= 15 is 0 Å². The largest absolute Gasteiger partial charge is 0.341 e. The van der Waals surface area contributed by atoms with Gasteiger partial charge in [0.2, 0.25) is 5.91 Å². The van der Waals surface area contributed by atoms with Gasteiger partial charge in [0.25, 0.3) is 11.8 Å². The number of imide groups is 1. The quantitative estimate of drug-likeness (QED) is 0.802. The van der Waals surface area contributed by atoms with Crippen LogP contribution in [0.4, 0.5) is 0 Å². The van der Waals surface area contributed by atoms with Crippen LogP contribution in [0.15, 0.2) is 24.3 Å². The minimum absolute atomic E-state index is 0.163. The van der Waals surface area contributed by atoms with Crippen LogP contribution in [-0.4, -0.2) is 46.7 Å². The maximum Gasteiger partial charge on any atom is 0.262 e. The van der Waals surface area contributed by atoms with Gasteiger partial charge in [-0.05, 0) is 50.7 Å². The fourth-order valence-corrected chi connectivity index (χ4v) is 3.77. The van der Waals surface area contributed by atoms with E-state index in [1.807, 2.05) is 0 Å². The second-order valence-corrected chi connectivity index (χ2v) is 7.06. The van der Waals surface area contributed by atoms with E-state index in [1.54, 1.807) is 43.1 Å². The molecule has 0 spiro atoms. The molecule has 1 aromatic carbocycles. The van der Waals surface area contributed by atoms with Crippen LogP contribution >= 0.6 is 0 Å². The fourth-order valence-electron chi connectivity index (χ4n) is 3.77. The van der Waals surface area contributed by atoms with Crippen molar-refractivity contribution in [1.82, 2.24) is 9.80 Å². The number of hydrogen-bond donors (Lipinski definition) is 0. The summed E-state index contributed by atoms with van der Waals surface area (Å²) in [4.78, 5) is 40.7. The van der Waals surface area contributed by atoms with Gasteiger partial charge >= 0.3 is 0 Å². The van der Waals surface area contributed by atoms with Crippen LogP contribution in [0.5, 0.6) is 0 Å². The van der Waals surface area contributed by atoms with Crippen LogP contribution in [0.25, 0.3) is 0 Å². The Hall–Kier alpha value is -2.17. The van der Waals surface area contributed by atoms with E-state index < -0.39 is 6.04 Å². The van der Waals surface area contributed by atoms with Crippen LogP contribution < -0.4 is 0 Å². The normalized spacial score (nSPS) is 24.7. The molecule has 5 nitrogen and oxygen atoms in total. The van der Waals surface area contributed by atoms with Crippen LogP contribution in [0, 0.1) is 5.92 Å². The summed E-state index contributed by atoms with van der Waals surface area (Å²) in [6, 6.07) is 6.16. The van der Waals surface area contributed by atoms with Crippen molar-refractivity contribution >= 4 is 17.7 Å². The molecule has 24 heavy (non-hydrogen) atoms. The second kappa shape index (κ2) is 6.38. The van der Waals surface area contributed by atoms with Crippen molar-refractivity contribution in [3.8, 4) is 0 Å². The highest BCUT2D eigenvalue weighted by Gasteiger charge is 2.42. The van der Waals surface area contributed by atoms with Gasteiger partial charge in [-0.1, -0.05) is 19.1 Å². The summed E-state index contributed by atoms with van der Waals surface area (Å²) >= 11 is 0. The third-order valence-electron chi connectivity index (χ3n) is 5.45. The molecule has 1 atom stereocenters. The van der Waals surface area contributed by atoms with Crippen LogP contribution in [0.1, 0.15) is 60.2 Å². The van der Waals surface area contributed by atoms with E-state index in [0.29, 0.717) is 17.0 Å². The van der Waals surface area contributed by atoms with Crippen molar-refractivity contribution in [2.24, 2.45) is 5.92 Å². The van der Waals surface area contributed by atoms with E-state index in [-0.39, 0.29) is 23.8 Å². The Morgan fingerprint density at radius 1 is 1.08 bits per heavy atom. The standard InChI is InChI=1S/C19H24N2O3/c1-12-8-10-14(11-9-12)20(3)17(22)13(2)21-18(23)15-6-4-5-7-16(15)19(21)24/h4-7,12-14H,8-11H2,1-3H3. The maximum atomic E-state index is 12.8. The first kappa shape index (κ1) is 16.7. The maximum absolute atomic E-state index is 12.8. The molecule has 0 bridgehead atoms. The first-order valence-corrected chi connectivity index (χ1v) is 8.65. The van der Waals surface area contributed by atoms with Crippen molar-refractivity contribution < 1.29 is 14.4 Å². The van der Waals surface area contributed by atoms with E-state index in [0.717, 1.165) is 30.6 Å². The number of carbonyl (C=O) groups is 3. The molecule has 128 valence electrons. The number of nitrogens with zero attached hydrogens (tertiary/aromatic N) is 2. The highest BCUT2D eigenvalue weighted by Crippen LogP contribution is 2.29. The van der Waals surface area contributed by atoms with Crippen LogP contribution in [-0.2, 0) is 4.79 Å². The van der Waals surface area contributed by atoms with Crippen molar-refractivity contribution in [1.29, 1.82) is 0 Å². The molecule has 0 saturated heterocycles. The van der Waals surface area contributed by atoms with Crippen molar-refractivity contribution in [3.63, 3.8) is 0 Å². The van der Waals surface area contributed by atoms with Gasteiger partial charge in [0.05, 0.1) is 11.1 Å². The Morgan fingerprint density at radius 2 is 1.58 bits per heavy atom. The number of benzene rings is 1. The van der Waals surface area contributed by atoms with Gasteiger partial charge < -0.3 is 4.90 Å². The zero-order valence-corrected chi connectivity index (χ0v) is 14.5. The van der Waals surface area contributed by atoms with Crippen LogP contribution in [0.2, 0.25) is 0 Å². The summed E-state index contributed by atoms with van der Waals surface area (Å²) in [6.07, 6.45) is 4.20. The molecule has 0 N–H and O–H groups in total.